The smallest absolute Gasteiger partial charge is 0.120 e. The molecule has 3 heteroatoms. The molecule has 1 N–H and O–H groups in total. The second-order valence-electron chi connectivity index (χ2n) is 5.40. The van der Waals surface area contributed by atoms with Crippen molar-refractivity contribution < 1.29 is 4.74 Å². The number of rotatable bonds is 7. The van der Waals surface area contributed by atoms with Gasteiger partial charge in [0.15, 0.2) is 0 Å². The normalized spacial score (nSPS) is 11.6. The molecule has 0 bridgehead atoms. The topological polar surface area (TPSA) is 21.3 Å². The number of halogens is 1. The highest BCUT2D eigenvalue weighted by molar-refractivity contribution is 6.31. The molecule has 1 aromatic rings. The molecule has 0 atom stereocenters. The van der Waals surface area contributed by atoms with E-state index < -0.39 is 0 Å². The number of aryl methyl sites for hydroxylation is 1. The van der Waals surface area contributed by atoms with Crippen molar-refractivity contribution in [3.63, 3.8) is 0 Å². The van der Waals surface area contributed by atoms with Crippen molar-refractivity contribution in [3.05, 3.63) is 28.8 Å². The predicted octanol–water partition coefficient (Wildman–Crippen LogP) is 3.92. The van der Waals surface area contributed by atoms with Crippen LogP contribution in [0.1, 0.15) is 32.8 Å². The summed E-state index contributed by atoms with van der Waals surface area (Å²) in [4.78, 5) is 0. The highest BCUT2D eigenvalue weighted by atomic mass is 35.5. The number of hydrogen-bond donors (Lipinski definition) is 1. The molecule has 0 radical (unpaired) electrons. The second kappa shape index (κ2) is 7.01. The summed E-state index contributed by atoms with van der Waals surface area (Å²) in [5.41, 5.74) is 1.49. The Morgan fingerprint density at radius 2 is 2.06 bits per heavy atom. The molecule has 0 unspecified atom stereocenters. The van der Waals surface area contributed by atoms with E-state index in [4.69, 9.17) is 16.3 Å². The molecular weight excluding hydrogens is 246 g/mol. The summed E-state index contributed by atoms with van der Waals surface area (Å²) in [5, 5.41) is 4.20. The number of benzene rings is 1. The third-order valence-corrected chi connectivity index (χ3v) is 3.54. The average molecular weight is 270 g/mol. The standard InChI is InChI=1S/C15H24ClNO/c1-5-17-11-15(2,3)9-8-12-6-7-13(18-4)10-14(12)16/h6-7,10,17H,5,8-9,11H2,1-4H3. The lowest BCUT2D eigenvalue weighted by Gasteiger charge is -2.25. The van der Waals surface area contributed by atoms with Gasteiger partial charge in [0.1, 0.15) is 5.75 Å². The fourth-order valence-corrected chi connectivity index (χ4v) is 2.15. The van der Waals surface area contributed by atoms with E-state index in [0.717, 1.165) is 36.7 Å². The number of ether oxygens (including phenoxy) is 1. The third kappa shape index (κ3) is 4.87. The van der Waals surface area contributed by atoms with Crippen LogP contribution in [-0.2, 0) is 6.42 Å². The van der Waals surface area contributed by atoms with E-state index in [1.54, 1.807) is 7.11 Å². The molecule has 102 valence electrons. The highest BCUT2D eigenvalue weighted by Crippen LogP contribution is 2.27. The molecule has 0 aliphatic carbocycles. The van der Waals surface area contributed by atoms with Crippen molar-refractivity contribution in [2.24, 2.45) is 5.41 Å². The molecule has 0 aliphatic rings. The first kappa shape index (κ1) is 15.3. The zero-order valence-electron chi connectivity index (χ0n) is 11.8. The Balaban J connectivity index is 2.57. The van der Waals surface area contributed by atoms with Crippen LogP contribution in [-0.4, -0.2) is 20.2 Å². The van der Waals surface area contributed by atoms with E-state index >= 15 is 0 Å². The fourth-order valence-electron chi connectivity index (χ4n) is 1.88. The molecule has 2 nitrogen and oxygen atoms in total. The van der Waals surface area contributed by atoms with Crippen molar-refractivity contribution in [2.75, 3.05) is 20.2 Å². The van der Waals surface area contributed by atoms with Crippen molar-refractivity contribution in [2.45, 2.75) is 33.6 Å². The van der Waals surface area contributed by atoms with Crippen molar-refractivity contribution >= 4 is 11.6 Å². The van der Waals surface area contributed by atoms with Gasteiger partial charge in [0.05, 0.1) is 7.11 Å². The van der Waals surface area contributed by atoms with E-state index in [0.29, 0.717) is 5.41 Å². The maximum Gasteiger partial charge on any atom is 0.120 e. The second-order valence-corrected chi connectivity index (χ2v) is 5.81. The maximum absolute atomic E-state index is 6.25. The van der Waals surface area contributed by atoms with Crippen LogP contribution in [0.3, 0.4) is 0 Å². The molecule has 1 aromatic carbocycles. The van der Waals surface area contributed by atoms with Crippen molar-refractivity contribution in [3.8, 4) is 5.75 Å². The van der Waals surface area contributed by atoms with Gasteiger partial charge in [0, 0.05) is 11.6 Å². The van der Waals surface area contributed by atoms with Crippen molar-refractivity contribution in [1.82, 2.24) is 5.32 Å². The summed E-state index contributed by atoms with van der Waals surface area (Å²) in [7, 11) is 1.66. The Bertz CT molecular complexity index is 377. The van der Waals surface area contributed by atoms with E-state index in [9.17, 15) is 0 Å². The number of methoxy groups -OCH3 is 1. The SMILES string of the molecule is CCNCC(C)(C)CCc1ccc(OC)cc1Cl. The Hall–Kier alpha value is -0.730. The van der Waals surface area contributed by atoms with E-state index in [-0.39, 0.29) is 0 Å². The van der Waals surface area contributed by atoms with Crippen LogP contribution in [0, 0.1) is 5.41 Å². The molecule has 0 aromatic heterocycles. The Labute approximate surface area is 116 Å². The van der Waals surface area contributed by atoms with E-state index in [1.807, 2.05) is 12.1 Å². The summed E-state index contributed by atoms with van der Waals surface area (Å²) < 4.78 is 5.15. The zero-order chi connectivity index (χ0) is 13.6. The molecule has 0 aliphatic heterocycles. The molecule has 18 heavy (non-hydrogen) atoms. The third-order valence-electron chi connectivity index (χ3n) is 3.18. The van der Waals surface area contributed by atoms with Gasteiger partial charge in [-0.25, -0.2) is 0 Å². The zero-order valence-corrected chi connectivity index (χ0v) is 12.6. The van der Waals surface area contributed by atoms with Gasteiger partial charge < -0.3 is 10.1 Å². The average Bonchev–Trinajstić information content (AvgIpc) is 2.35. The van der Waals surface area contributed by atoms with Crippen LogP contribution in [0.2, 0.25) is 5.02 Å². The van der Waals surface area contributed by atoms with Gasteiger partial charge in [0.2, 0.25) is 0 Å². The lowest BCUT2D eigenvalue weighted by Crippen LogP contribution is -2.29. The van der Waals surface area contributed by atoms with E-state index in [2.05, 4.69) is 32.2 Å². The molecule has 0 saturated carbocycles. The number of nitrogens with one attached hydrogen (secondary N) is 1. The first-order valence-corrected chi connectivity index (χ1v) is 6.89. The van der Waals surface area contributed by atoms with Crippen LogP contribution in [0.4, 0.5) is 0 Å². The molecule has 0 saturated heterocycles. The first-order chi connectivity index (χ1) is 8.48. The minimum absolute atomic E-state index is 0.291. The maximum atomic E-state index is 6.25. The number of hydrogen-bond acceptors (Lipinski definition) is 2. The molecule has 1 rings (SSSR count). The molecular formula is C15H24ClNO. The quantitative estimate of drug-likeness (QED) is 0.810. The van der Waals surface area contributed by atoms with Crippen LogP contribution in [0.25, 0.3) is 0 Å². The van der Waals surface area contributed by atoms with Gasteiger partial charge in [-0.2, -0.15) is 0 Å². The molecule has 0 amide bonds. The summed E-state index contributed by atoms with van der Waals surface area (Å²) in [6.07, 6.45) is 2.12. The summed E-state index contributed by atoms with van der Waals surface area (Å²) in [6, 6.07) is 5.91. The Morgan fingerprint density at radius 1 is 1.33 bits per heavy atom. The largest absolute Gasteiger partial charge is 0.497 e. The Morgan fingerprint density at radius 3 is 2.61 bits per heavy atom. The summed E-state index contributed by atoms with van der Waals surface area (Å²) in [6.45, 7) is 8.76. The molecule has 0 spiro atoms. The van der Waals surface area contributed by atoms with Gasteiger partial charge in [0.25, 0.3) is 0 Å². The van der Waals surface area contributed by atoms with Crippen LogP contribution >= 0.6 is 11.6 Å². The summed E-state index contributed by atoms with van der Waals surface area (Å²) in [5.74, 6) is 0.815. The van der Waals surface area contributed by atoms with E-state index in [1.165, 1.54) is 5.56 Å². The molecule has 0 fully saturated rings. The van der Waals surface area contributed by atoms with Gasteiger partial charge in [-0.15, -0.1) is 0 Å². The molecule has 0 heterocycles. The van der Waals surface area contributed by atoms with Crippen LogP contribution in [0.15, 0.2) is 18.2 Å². The predicted molar refractivity (Wildman–Crippen MR) is 78.6 cm³/mol. The lowest BCUT2D eigenvalue weighted by atomic mass is 9.86. The van der Waals surface area contributed by atoms with Gasteiger partial charge in [-0.3, -0.25) is 0 Å². The van der Waals surface area contributed by atoms with Crippen LogP contribution < -0.4 is 10.1 Å². The van der Waals surface area contributed by atoms with Crippen LogP contribution in [0.5, 0.6) is 5.75 Å². The monoisotopic (exact) mass is 269 g/mol. The first-order valence-electron chi connectivity index (χ1n) is 6.51. The van der Waals surface area contributed by atoms with Gasteiger partial charge in [-0.05, 0) is 42.5 Å². The minimum Gasteiger partial charge on any atom is -0.497 e. The Kier molecular flexibility index (Phi) is 5.97. The highest BCUT2D eigenvalue weighted by Gasteiger charge is 2.17. The van der Waals surface area contributed by atoms with Crippen molar-refractivity contribution in [1.29, 1.82) is 0 Å². The van der Waals surface area contributed by atoms with Gasteiger partial charge in [-0.1, -0.05) is 38.4 Å². The lowest BCUT2D eigenvalue weighted by molar-refractivity contribution is 0.318. The van der Waals surface area contributed by atoms with Gasteiger partial charge >= 0.3 is 0 Å². The minimum atomic E-state index is 0.291. The fraction of sp³-hybridized carbons (Fsp3) is 0.600. The summed E-state index contributed by atoms with van der Waals surface area (Å²) >= 11 is 6.25.